The van der Waals surface area contributed by atoms with Crippen LogP contribution < -0.4 is 11.1 Å². The molecule has 0 spiro atoms. The number of carbonyl (C=O) groups excluding carboxylic acids is 2. The number of nitrogens with two attached hydrogens (primary N) is 1. The van der Waals surface area contributed by atoms with E-state index in [2.05, 4.69) is 11.4 Å². The van der Waals surface area contributed by atoms with Gasteiger partial charge in [-0.25, -0.2) is 0 Å². The van der Waals surface area contributed by atoms with Gasteiger partial charge < -0.3 is 15.5 Å². The van der Waals surface area contributed by atoms with Crippen molar-refractivity contribution in [1.82, 2.24) is 5.32 Å². The molecule has 2 aromatic rings. The second-order valence-electron chi connectivity index (χ2n) is 5.59. The van der Waals surface area contributed by atoms with Crippen LogP contribution in [-0.2, 0) is 4.79 Å². The van der Waals surface area contributed by atoms with Gasteiger partial charge >= 0.3 is 0 Å². The van der Waals surface area contributed by atoms with E-state index in [4.69, 9.17) is 10.2 Å². The third kappa shape index (κ3) is 2.45. The summed E-state index contributed by atoms with van der Waals surface area (Å²) in [6.45, 7) is 0. The molecule has 2 heterocycles. The fourth-order valence-corrected chi connectivity index (χ4v) is 4.22. The molecule has 0 radical (unpaired) electrons. The van der Waals surface area contributed by atoms with Gasteiger partial charge in [-0.15, -0.1) is 0 Å². The molecule has 1 unspecified atom stereocenters. The van der Waals surface area contributed by atoms with Crippen LogP contribution in [0, 0.1) is 5.92 Å². The number of fused-ring (bicyclic) bond motifs is 2. The number of allylic oxidation sites excluding steroid dienone is 2. The van der Waals surface area contributed by atoms with Crippen LogP contribution in [0.2, 0.25) is 0 Å². The average molecular weight is 326 g/mol. The minimum absolute atomic E-state index is 0.00900. The molecule has 1 atom stereocenters. The molecule has 23 heavy (non-hydrogen) atoms. The average Bonchev–Trinajstić information content (AvgIpc) is 3.11. The third-order valence-corrected chi connectivity index (χ3v) is 5.21. The number of carbonyl (C=O) groups is 2. The van der Waals surface area contributed by atoms with Crippen molar-refractivity contribution in [2.75, 3.05) is 0 Å². The summed E-state index contributed by atoms with van der Waals surface area (Å²) in [4.78, 5) is 25.4. The van der Waals surface area contributed by atoms with E-state index in [0.29, 0.717) is 16.2 Å². The van der Waals surface area contributed by atoms with E-state index in [1.807, 2.05) is 18.2 Å². The monoisotopic (exact) mass is 326 g/mol. The van der Waals surface area contributed by atoms with Gasteiger partial charge in [-0.05, 0) is 29.9 Å². The van der Waals surface area contributed by atoms with Crippen molar-refractivity contribution in [2.45, 2.75) is 12.8 Å². The first-order valence-electron chi connectivity index (χ1n) is 7.34. The summed E-state index contributed by atoms with van der Waals surface area (Å²) in [6.07, 6.45) is 3.84. The molecule has 4 rings (SSSR count). The van der Waals surface area contributed by atoms with E-state index in [-0.39, 0.29) is 17.6 Å². The summed E-state index contributed by atoms with van der Waals surface area (Å²) in [5.74, 6) is -0.631. The zero-order chi connectivity index (χ0) is 16.0. The normalized spacial score (nSPS) is 19.8. The molecule has 1 aromatic carbocycles. The minimum Gasteiger partial charge on any atom is -0.451 e. The lowest BCUT2D eigenvalue weighted by molar-refractivity contribution is -0.115. The second kappa shape index (κ2) is 5.31. The van der Waals surface area contributed by atoms with Gasteiger partial charge in [0.25, 0.3) is 5.91 Å². The largest absolute Gasteiger partial charge is 0.451 e. The fraction of sp³-hybridized carbons (Fsp3) is 0.176. The van der Waals surface area contributed by atoms with Crippen molar-refractivity contribution in [1.29, 1.82) is 0 Å². The van der Waals surface area contributed by atoms with Crippen molar-refractivity contribution in [2.24, 2.45) is 11.7 Å². The number of hydrogen-bond donors (Lipinski definition) is 2. The quantitative estimate of drug-likeness (QED) is 0.908. The number of hydrogen-bond acceptors (Lipinski definition) is 4. The van der Waals surface area contributed by atoms with Crippen LogP contribution in [0.1, 0.15) is 23.4 Å². The van der Waals surface area contributed by atoms with Crippen LogP contribution in [-0.4, -0.2) is 11.8 Å². The predicted octanol–water partition coefficient (Wildman–Crippen LogP) is 2.90. The first kappa shape index (κ1) is 14.1. The molecule has 6 heteroatoms. The minimum atomic E-state index is -0.486. The SMILES string of the molecule is NC(=O)C1=C(NC(=O)c2cc3ccccc3o2)SC2=CC1CC2. The van der Waals surface area contributed by atoms with Gasteiger partial charge in [-0.3, -0.25) is 9.59 Å². The number of benzene rings is 1. The van der Waals surface area contributed by atoms with Gasteiger partial charge in [0.1, 0.15) is 5.58 Å². The van der Waals surface area contributed by atoms with Gasteiger partial charge in [0.2, 0.25) is 5.91 Å². The van der Waals surface area contributed by atoms with Gasteiger partial charge in [0.15, 0.2) is 5.76 Å². The first-order chi connectivity index (χ1) is 11.1. The van der Waals surface area contributed by atoms with Crippen molar-refractivity contribution >= 4 is 34.5 Å². The predicted molar refractivity (Wildman–Crippen MR) is 88.3 cm³/mol. The Morgan fingerprint density at radius 1 is 1.30 bits per heavy atom. The molecule has 1 aliphatic carbocycles. The lowest BCUT2D eigenvalue weighted by Gasteiger charge is -2.18. The highest BCUT2D eigenvalue weighted by Gasteiger charge is 2.33. The lowest BCUT2D eigenvalue weighted by Crippen LogP contribution is -2.29. The Bertz CT molecular complexity index is 861. The van der Waals surface area contributed by atoms with Crippen molar-refractivity contribution in [3.63, 3.8) is 0 Å². The van der Waals surface area contributed by atoms with Crippen LogP contribution >= 0.6 is 11.8 Å². The Morgan fingerprint density at radius 3 is 2.91 bits per heavy atom. The zero-order valence-corrected chi connectivity index (χ0v) is 13.0. The molecule has 3 N–H and O–H groups in total. The molecule has 1 aliphatic heterocycles. The van der Waals surface area contributed by atoms with Gasteiger partial charge in [0, 0.05) is 11.3 Å². The van der Waals surface area contributed by atoms with E-state index in [1.165, 1.54) is 16.7 Å². The highest BCUT2D eigenvalue weighted by molar-refractivity contribution is 8.06. The summed E-state index contributed by atoms with van der Waals surface area (Å²) in [5, 5.41) is 4.19. The standard InChI is InChI=1S/C17H14N2O3S/c18-15(20)14-10-5-6-11(7-10)23-17(14)19-16(21)13-8-9-3-1-2-4-12(9)22-13/h1-4,7-8,10H,5-6H2,(H2,18,20)(H,19,21). The maximum atomic E-state index is 12.5. The molecular formula is C17H14N2O3S. The molecule has 0 saturated carbocycles. The van der Waals surface area contributed by atoms with Crippen molar-refractivity contribution in [3.05, 3.63) is 57.7 Å². The Morgan fingerprint density at radius 2 is 2.13 bits per heavy atom. The molecule has 0 fully saturated rings. The number of primary amides is 1. The fourth-order valence-electron chi connectivity index (χ4n) is 3.00. The molecule has 2 aliphatic rings. The first-order valence-corrected chi connectivity index (χ1v) is 8.16. The molecule has 5 nitrogen and oxygen atoms in total. The molecule has 2 amide bonds. The van der Waals surface area contributed by atoms with E-state index in [9.17, 15) is 9.59 Å². The number of thioether (sulfide) groups is 1. The number of rotatable bonds is 3. The smallest absolute Gasteiger partial charge is 0.291 e. The summed E-state index contributed by atoms with van der Waals surface area (Å²) in [7, 11) is 0. The highest BCUT2D eigenvalue weighted by atomic mass is 32.2. The van der Waals surface area contributed by atoms with Crippen LogP contribution in [0.25, 0.3) is 11.0 Å². The lowest BCUT2D eigenvalue weighted by atomic mass is 9.99. The van der Waals surface area contributed by atoms with Crippen LogP contribution in [0.3, 0.4) is 0 Å². The van der Waals surface area contributed by atoms with Gasteiger partial charge in [-0.1, -0.05) is 36.0 Å². The van der Waals surface area contributed by atoms with E-state index in [0.717, 1.165) is 18.2 Å². The Labute approximate surface area is 136 Å². The van der Waals surface area contributed by atoms with Crippen molar-refractivity contribution in [3.8, 4) is 0 Å². The van der Waals surface area contributed by atoms with E-state index >= 15 is 0 Å². The Balaban J connectivity index is 1.64. The van der Waals surface area contributed by atoms with Gasteiger partial charge in [0.05, 0.1) is 10.6 Å². The Kier molecular flexibility index (Phi) is 3.27. The van der Waals surface area contributed by atoms with E-state index in [1.54, 1.807) is 12.1 Å². The molecular weight excluding hydrogens is 312 g/mol. The highest BCUT2D eigenvalue weighted by Crippen LogP contribution is 2.45. The topological polar surface area (TPSA) is 85.3 Å². The molecule has 0 saturated heterocycles. The van der Waals surface area contributed by atoms with E-state index < -0.39 is 5.91 Å². The molecule has 2 bridgehead atoms. The summed E-state index contributed by atoms with van der Waals surface area (Å²) in [6, 6.07) is 9.11. The maximum Gasteiger partial charge on any atom is 0.291 e. The van der Waals surface area contributed by atoms with Gasteiger partial charge in [-0.2, -0.15) is 0 Å². The Hall–Kier alpha value is -2.47. The number of amides is 2. The summed E-state index contributed by atoms with van der Waals surface area (Å²) >= 11 is 1.41. The molecule has 1 aromatic heterocycles. The summed E-state index contributed by atoms with van der Waals surface area (Å²) < 4.78 is 5.56. The third-order valence-electron chi connectivity index (χ3n) is 4.08. The molecule has 116 valence electrons. The van der Waals surface area contributed by atoms with Crippen LogP contribution in [0.15, 0.2) is 56.3 Å². The van der Waals surface area contributed by atoms with Crippen molar-refractivity contribution < 1.29 is 14.0 Å². The van der Waals surface area contributed by atoms with Crippen LogP contribution in [0.5, 0.6) is 0 Å². The summed E-state index contributed by atoms with van der Waals surface area (Å²) in [5.41, 5.74) is 6.64. The number of para-hydroxylation sites is 1. The maximum absolute atomic E-state index is 12.5. The zero-order valence-electron chi connectivity index (χ0n) is 12.2. The second-order valence-corrected chi connectivity index (χ2v) is 6.73. The number of nitrogens with one attached hydrogen (secondary N) is 1. The number of furan rings is 1. The van der Waals surface area contributed by atoms with Crippen LogP contribution in [0.4, 0.5) is 0 Å².